The standard InChI is InChI=1S/C18H20N4O4/c1-4-18(13-7-5-11(2)6-8-13)16(24)22(17(25)20-18)10-15(23)19-14-9-12(3)26-21-14/h5-9H,4,10H2,1-3H3,(H,20,25)(H,19,21,23). The number of anilines is 1. The highest BCUT2D eigenvalue weighted by molar-refractivity contribution is 6.10. The minimum atomic E-state index is -1.16. The zero-order valence-electron chi connectivity index (χ0n) is 14.8. The molecule has 136 valence electrons. The van der Waals surface area contributed by atoms with Gasteiger partial charge in [0.05, 0.1) is 0 Å². The summed E-state index contributed by atoms with van der Waals surface area (Å²) in [5.41, 5.74) is 0.588. The van der Waals surface area contributed by atoms with Gasteiger partial charge in [0.1, 0.15) is 17.8 Å². The highest BCUT2D eigenvalue weighted by Gasteiger charge is 2.51. The number of aryl methyl sites for hydroxylation is 2. The van der Waals surface area contributed by atoms with E-state index in [9.17, 15) is 14.4 Å². The topological polar surface area (TPSA) is 105 Å². The Morgan fingerprint density at radius 1 is 1.27 bits per heavy atom. The van der Waals surface area contributed by atoms with Crippen molar-refractivity contribution in [1.82, 2.24) is 15.4 Å². The van der Waals surface area contributed by atoms with Crippen molar-refractivity contribution in [2.24, 2.45) is 0 Å². The molecule has 2 aromatic rings. The molecule has 26 heavy (non-hydrogen) atoms. The van der Waals surface area contributed by atoms with Gasteiger partial charge in [-0.3, -0.25) is 14.5 Å². The van der Waals surface area contributed by atoms with Gasteiger partial charge in [0.2, 0.25) is 5.91 Å². The largest absolute Gasteiger partial charge is 0.360 e. The number of benzene rings is 1. The summed E-state index contributed by atoms with van der Waals surface area (Å²) in [7, 11) is 0. The fourth-order valence-electron chi connectivity index (χ4n) is 3.00. The van der Waals surface area contributed by atoms with Crippen LogP contribution >= 0.6 is 0 Å². The zero-order chi connectivity index (χ0) is 18.9. The van der Waals surface area contributed by atoms with Crippen LogP contribution in [0.25, 0.3) is 0 Å². The zero-order valence-corrected chi connectivity index (χ0v) is 14.8. The molecule has 1 aliphatic rings. The van der Waals surface area contributed by atoms with Gasteiger partial charge in [-0.2, -0.15) is 0 Å². The highest BCUT2D eigenvalue weighted by atomic mass is 16.5. The van der Waals surface area contributed by atoms with E-state index >= 15 is 0 Å². The van der Waals surface area contributed by atoms with Crippen LogP contribution in [-0.4, -0.2) is 34.4 Å². The number of carbonyl (C=O) groups excluding carboxylic acids is 3. The average molecular weight is 356 g/mol. The third-order valence-electron chi connectivity index (χ3n) is 4.45. The Morgan fingerprint density at radius 3 is 2.54 bits per heavy atom. The normalized spacial score (nSPS) is 19.6. The van der Waals surface area contributed by atoms with Gasteiger partial charge in [-0.25, -0.2) is 4.79 Å². The number of nitrogens with one attached hydrogen (secondary N) is 2. The summed E-state index contributed by atoms with van der Waals surface area (Å²) in [4.78, 5) is 38.5. The lowest BCUT2D eigenvalue weighted by molar-refractivity contribution is -0.134. The summed E-state index contributed by atoms with van der Waals surface area (Å²) in [6, 6.07) is 8.36. The van der Waals surface area contributed by atoms with E-state index in [-0.39, 0.29) is 5.82 Å². The Bertz CT molecular complexity index is 858. The molecule has 1 saturated heterocycles. The van der Waals surface area contributed by atoms with Crippen LogP contribution in [-0.2, 0) is 15.1 Å². The molecule has 8 nitrogen and oxygen atoms in total. The minimum Gasteiger partial charge on any atom is -0.360 e. The fraction of sp³-hybridized carbons (Fsp3) is 0.333. The molecule has 1 aromatic heterocycles. The van der Waals surface area contributed by atoms with E-state index in [2.05, 4.69) is 15.8 Å². The van der Waals surface area contributed by atoms with Crippen molar-refractivity contribution in [1.29, 1.82) is 0 Å². The first-order valence-corrected chi connectivity index (χ1v) is 8.30. The van der Waals surface area contributed by atoms with Gasteiger partial charge in [0.25, 0.3) is 5.91 Å². The summed E-state index contributed by atoms with van der Waals surface area (Å²) < 4.78 is 4.87. The van der Waals surface area contributed by atoms with Crippen molar-refractivity contribution in [3.8, 4) is 0 Å². The number of nitrogens with zero attached hydrogens (tertiary/aromatic N) is 2. The van der Waals surface area contributed by atoms with E-state index in [0.29, 0.717) is 17.7 Å². The first-order chi connectivity index (χ1) is 12.4. The molecule has 3 rings (SSSR count). The second-order valence-electron chi connectivity index (χ2n) is 6.32. The summed E-state index contributed by atoms with van der Waals surface area (Å²) in [6.07, 6.45) is 0.376. The summed E-state index contributed by atoms with van der Waals surface area (Å²) in [5.74, 6) is -0.197. The van der Waals surface area contributed by atoms with Gasteiger partial charge in [-0.1, -0.05) is 41.9 Å². The van der Waals surface area contributed by atoms with Crippen molar-refractivity contribution in [2.75, 3.05) is 11.9 Å². The molecule has 2 N–H and O–H groups in total. The van der Waals surface area contributed by atoms with Gasteiger partial charge in [-0.05, 0) is 25.8 Å². The van der Waals surface area contributed by atoms with Gasteiger partial charge >= 0.3 is 6.03 Å². The lowest BCUT2D eigenvalue weighted by atomic mass is 9.87. The second-order valence-corrected chi connectivity index (χ2v) is 6.32. The van der Waals surface area contributed by atoms with Gasteiger partial charge < -0.3 is 15.2 Å². The van der Waals surface area contributed by atoms with Crippen LogP contribution < -0.4 is 10.6 Å². The quantitative estimate of drug-likeness (QED) is 0.798. The van der Waals surface area contributed by atoms with Crippen molar-refractivity contribution in [2.45, 2.75) is 32.7 Å². The van der Waals surface area contributed by atoms with Crippen LogP contribution in [0.1, 0.15) is 30.2 Å². The summed E-state index contributed by atoms with van der Waals surface area (Å²) in [6.45, 7) is 5.06. The number of aromatic nitrogens is 1. The number of hydrogen-bond donors (Lipinski definition) is 2. The summed E-state index contributed by atoms with van der Waals surface area (Å²) in [5, 5.41) is 8.91. The molecular weight excluding hydrogens is 336 g/mol. The fourth-order valence-corrected chi connectivity index (χ4v) is 3.00. The molecule has 1 aromatic carbocycles. The van der Waals surface area contributed by atoms with E-state index in [4.69, 9.17) is 4.52 Å². The van der Waals surface area contributed by atoms with Crippen LogP contribution in [0.3, 0.4) is 0 Å². The van der Waals surface area contributed by atoms with Crippen LogP contribution in [0.5, 0.6) is 0 Å². The molecule has 1 unspecified atom stereocenters. The monoisotopic (exact) mass is 356 g/mol. The van der Waals surface area contributed by atoms with Gasteiger partial charge in [-0.15, -0.1) is 0 Å². The Morgan fingerprint density at radius 2 is 1.96 bits per heavy atom. The smallest absolute Gasteiger partial charge is 0.325 e. The predicted octanol–water partition coefficient (Wildman–Crippen LogP) is 2.09. The Kier molecular flexibility index (Phi) is 4.50. The molecule has 0 bridgehead atoms. The number of imide groups is 1. The molecule has 0 radical (unpaired) electrons. The van der Waals surface area contributed by atoms with Crippen molar-refractivity contribution in [3.05, 3.63) is 47.2 Å². The Labute approximate surface area is 150 Å². The third-order valence-corrected chi connectivity index (χ3v) is 4.45. The third kappa shape index (κ3) is 3.05. The Balaban J connectivity index is 1.79. The van der Waals surface area contributed by atoms with Crippen LogP contribution in [0.4, 0.5) is 10.6 Å². The van der Waals surface area contributed by atoms with E-state index < -0.39 is 29.9 Å². The highest BCUT2D eigenvalue weighted by Crippen LogP contribution is 2.32. The lowest BCUT2D eigenvalue weighted by Crippen LogP contribution is -2.44. The molecular formula is C18H20N4O4. The number of rotatable bonds is 5. The summed E-state index contributed by atoms with van der Waals surface area (Å²) >= 11 is 0. The number of urea groups is 1. The molecule has 1 aliphatic heterocycles. The molecule has 4 amide bonds. The van der Waals surface area contributed by atoms with E-state index in [1.54, 1.807) is 13.0 Å². The maximum absolute atomic E-state index is 13.0. The molecule has 0 spiro atoms. The number of hydrogen-bond acceptors (Lipinski definition) is 5. The Hall–Kier alpha value is -3.16. The van der Waals surface area contributed by atoms with Gasteiger partial charge in [0.15, 0.2) is 5.82 Å². The number of amides is 4. The van der Waals surface area contributed by atoms with Crippen LogP contribution in [0.2, 0.25) is 0 Å². The predicted molar refractivity (Wildman–Crippen MR) is 93.3 cm³/mol. The van der Waals surface area contributed by atoms with Crippen molar-refractivity contribution >= 4 is 23.7 Å². The lowest BCUT2D eigenvalue weighted by Gasteiger charge is -2.25. The van der Waals surface area contributed by atoms with Crippen molar-refractivity contribution < 1.29 is 18.9 Å². The maximum atomic E-state index is 13.0. The molecule has 1 atom stereocenters. The second kappa shape index (κ2) is 6.62. The van der Waals surface area contributed by atoms with Crippen molar-refractivity contribution in [3.63, 3.8) is 0 Å². The van der Waals surface area contributed by atoms with Crippen LogP contribution in [0, 0.1) is 13.8 Å². The van der Waals surface area contributed by atoms with Gasteiger partial charge in [0, 0.05) is 6.07 Å². The molecule has 1 fully saturated rings. The SMILES string of the molecule is CCC1(c2ccc(C)cc2)NC(=O)N(CC(=O)Nc2cc(C)on2)C1=O. The van der Waals surface area contributed by atoms with E-state index in [1.807, 2.05) is 38.1 Å². The first-order valence-electron chi connectivity index (χ1n) is 8.30. The molecule has 0 saturated carbocycles. The molecule has 0 aliphatic carbocycles. The number of carbonyl (C=O) groups is 3. The first kappa shape index (κ1) is 17.7. The van der Waals surface area contributed by atoms with E-state index in [1.165, 1.54) is 0 Å². The van der Waals surface area contributed by atoms with E-state index in [0.717, 1.165) is 10.5 Å². The maximum Gasteiger partial charge on any atom is 0.325 e. The van der Waals surface area contributed by atoms with Crippen LogP contribution in [0.15, 0.2) is 34.9 Å². The molecule has 8 heteroatoms. The molecule has 2 heterocycles. The average Bonchev–Trinajstić information content (AvgIpc) is 3.11. The minimum absolute atomic E-state index is 0.236.